The predicted molar refractivity (Wildman–Crippen MR) is 67.9 cm³/mol. The van der Waals surface area contributed by atoms with Crippen molar-refractivity contribution in [2.45, 2.75) is 12.3 Å². The Kier molecular flexibility index (Phi) is 5.67. The van der Waals surface area contributed by atoms with E-state index in [9.17, 15) is 13.2 Å². The lowest BCUT2D eigenvalue weighted by Gasteiger charge is -2.20. The van der Waals surface area contributed by atoms with Crippen molar-refractivity contribution >= 4 is 11.6 Å². The van der Waals surface area contributed by atoms with E-state index in [1.54, 1.807) is 24.3 Å². The van der Waals surface area contributed by atoms with E-state index in [1.165, 1.54) is 11.9 Å². The SMILES string of the molecule is CN(CC#Cc1ccccc1Cl)CC(O)C(F)(F)F. The van der Waals surface area contributed by atoms with Crippen LogP contribution >= 0.6 is 11.6 Å². The van der Waals surface area contributed by atoms with Crippen molar-refractivity contribution in [3.05, 3.63) is 34.9 Å². The van der Waals surface area contributed by atoms with E-state index in [0.29, 0.717) is 10.6 Å². The molecule has 0 aromatic heterocycles. The molecule has 104 valence electrons. The molecule has 2 nitrogen and oxygen atoms in total. The molecule has 0 saturated carbocycles. The highest BCUT2D eigenvalue weighted by Crippen LogP contribution is 2.20. The first kappa shape index (κ1) is 15.8. The molecule has 0 aliphatic carbocycles. The molecule has 1 rings (SSSR count). The van der Waals surface area contributed by atoms with Crippen molar-refractivity contribution in [2.75, 3.05) is 20.1 Å². The molecule has 0 saturated heterocycles. The molecule has 1 atom stereocenters. The lowest BCUT2D eigenvalue weighted by molar-refractivity contribution is -0.207. The molecule has 1 aromatic rings. The van der Waals surface area contributed by atoms with Crippen LogP contribution in [0.4, 0.5) is 13.2 Å². The molecule has 0 amide bonds. The van der Waals surface area contributed by atoms with E-state index in [2.05, 4.69) is 11.8 Å². The Morgan fingerprint density at radius 3 is 2.58 bits per heavy atom. The summed E-state index contributed by atoms with van der Waals surface area (Å²) < 4.78 is 36.4. The summed E-state index contributed by atoms with van der Waals surface area (Å²) in [7, 11) is 1.45. The monoisotopic (exact) mass is 291 g/mol. The van der Waals surface area contributed by atoms with Gasteiger partial charge in [-0.2, -0.15) is 13.2 Å². The minimum absolute atomic E-state index is 0.109. The van der Waals surface area contributed by atoms with Crippen LogP contribution in [0.15, 0.2) is 24.3 Å². The van der Waals surface area contributed by atoms with Gasteiger partial charge in [-0.3, -0.25) is 4.90 Å². The lowest BCUT2D eigenvalue weighted by Crippen LogP contribution is -2.39. The van der Waals surface area contributed by atoms with Gasteiger partial charge in [0.25, 0.3) is 0 Å². The summed E-state index contributed by atoms with van der Waals surface area (Å²) in [6.45, 7) is -0.404. The molecule has 0 radical (unpaired) electrons. The normalized spacial score (nSPS) is 13.0. The zero-order valence-corrected chi connectivity index (χ0v) is 11.0. The van der Waals surface area contributed by atoms with Crippen LogP contribution in [0.1, 0.15) is 5.56 Å². The zero-order chi connectivity index (χ0) is 14.5. The summed E-state index contributed by atoms with van der Waals surface area (Å²) in [6, 6.07) is 6.94. The number of nitrogens with zero attached hydrogens (tertiary/aromatic N) is 1. The number of likely N-dealkylation sites (N-methyl/N-ethyl adjacent to an activating group) is 1. The Bertz CT molecular complexity index is 479. The van der Waals surface area contributed by atoms with E-state index in [4.69, 9.17) is 16.7 Å². The number of aliphatic hydroxyl groups is 1. The van der Waals surface area contributed by atoms with Gasteiger partial charge in [0, 0.05) is 12.1 Å². The highest BCUT2D eigenvalue weighted by molar-refractivity contribution is 6.31. The van der Waals surface area contributed by atoms with Crippen LogP contribution in [0.5, 0.6) is 0 Å². The minimum Gasteiger partial charge on any atom is -0.382 e. The van der Waals surface area contributed by atoms with Crippen LogP contribution < -0.4 is 0 Å². The molecular weight excluding hydrogens is 279 g/mol. The fraction of sp³-hybridized carbons (Fsp3) is 0.385. The fourth-order valence-electron chi connectivity index (χ4n) is 1.30. The molecule has 0 fully saturated rings. The predicted octanol–water partition coefficient (Wildman–Crippen LogP) is 2.55. The van der Waals surface area contributed by atoms with Gasteiger partial charge >= 0.3 is 6.18 Å². The number of aliphatic hydroxyl groups excluding tert-OH is 1. The van der Waals surface area contributed by atoms with Gasteiger partial charge in [-0.05, 0) is 19.2 Å². The Balaban J connectivity index is 2.52. The third-order valence-electron chi connectivity index (χ3n) is 2.31. The Morgan fingerprint density at radius 2 is 2.00 bits per heavy atom. The van der Waals surface area contributed by atoms with E-state index < -0.39 is 18.8 Å². The van der Waals surface area contributed by atoms with E-state index >= 15 is 0 Å². The first-order valence-electron chi connectivity index (χ1n) is 5.47. The van der Waals surface area contributed by atoms with Gasteiger partial charge in [0.15, 0.2) is 6.10 Å². The Labute approximate surface area is 114 Å². The van der Waals surface area contributed by atoms with E-state index in [0.717, 1.165) is 0 Å². The second-order valence-corrected chi connectivity index (χ2v) is 4.44. The van der Waals surface area contributed by atoms with E-state index in [1.807, 2.05) is 0 Å². The minimum atomic E-state index is -4.61. The molecule has 1 aromatic carbocycles. The van der Waals surface area contributed by atoms with Gasteiger partial charge in [-0.1, -0.05) is 35.6 Å². The van der Waals surface area contributed by atoms with Gasteiger partial charge in [0.05, 0.1) is 11.6 Å². The number of hydrogen-bond acceptors (Lipinski definition) is 2. The summed E-state index contributed by atoms with van der Waals surface area (Å²) in [4.78, 5) is 1.29. The number of hydrogen-bond donors (Lipinski definition) is 1. The molecule has 0 bridgehead atoms. The smallest absolute Gasteiger partial charge is 0.382 e. The van der Waals surface area contributed by atoms with Gasteiger partial charge in [0.1, 0.15) is 0 Å². The number of benzene rings is 1. The molecule has 6 heteroatoms. The molecule has 0 aliphatic rings. The Hall–Kier alpha value is -1.22. The maximum Gasteiger partial charge on any atom is 0.415 e. The average molecular weight is 292 g/mol. The first-order chi connectivity index (χ1) is 8.80. The molecule has 1 unspecified atom stereocenters. The second-order valence-electron chi connectivity index (χ2n) is 4.04. The van der Waals surface area contributed by atoms with Crippen molar-refractivity contribution in [1.29, 1.82) is 0 Å². The summed E-state index contributed by atoms with van der Waals surface area (Å²) in [5.41, 5.74) is 0.619. The summed E-state index contributed by atoms with van der Waals surface area (Å²) in [5, 5.41) is 9.37. The third-order valence-corrected chi connectivity index (χ3v) is 2.64. The number of halogens is 4. The largest absolute Gasteiger partial charge is 0.415 e. The zero-order valence-electron chi connectivity index (χ0n) is 10.2. The molecular formula is C13H13ClF3NO. The number of rotatable bonds is 3. The van der Waals surface area contributed by atoms with Crippen LogP contribution in [0.25, 0.3) is 0 Å². The maximum atomic E-state index is 12.1. The molecule has 19 heavy (non-hydrogen) atoms. The van der Waals surface area contributed by atoms with Crippen LogP contribution in [0.3, 0.4) is 0 Å². The maximum absolute atomic E-state index is 12.1. The van der Waals surface area contributed by atoms with Crippen LogP contribution in [0, 0.1) is 11.8 Å². The van der Waals surface area contributed by atoms with Gasteiger partial charge in [-0.15, -0.1) is 0 Å². The van der Waals surface area contributed by atoms with Crippen LogP contribution in [-0.2, 0) is 0 Å². The Morgan fingerprint density at radius 1 is 1.37 bits per heavy atom. The third kappa shape index (κ3) is 5.52. The second kappa shape index (κ2) is 6.80. The fourth-order valence-corrected chi connectivity index (χ4v) is 1.48. The van der Waals surface area contributed by atoms with Crippen molar-refractivity contribution in [3.8, 4) is 11.8 Å². The molecule has 0 heterocycles. The lowest BCUT2D eigenvalue weighted by atomic mass is 10.2. The van der Waals surface area contributed by atoms with Crippen LogP contribution in [-0.4, -0.2) is 42.4 Å². The van der Waals surface area contributed by atoms with E-state index in [-0.39, 0.29) is 6.54 Å². The van der Waals surface area contributed by atoms with Crippen molar-refractivity contribution in [1.82, 2.24) is 4.90 Å². The van der Waals surface area contributed by atoms with Crippen molar-refractivity contribution in [3.63, 3.8) is 0 Å². The van der Waals surface area contributed by atoms with Gasteiger partial charge in [0.2, 0.25) is 0 Å². The quantitative estimate of drug-likeness (QED) is 0.865. The average Bonchev–Trinajstić information content (AvgIpc) is 2.30. The summed E-state index contributed by atoms with van der Waals surface area (Å²) in [5.74, 6) is 5.48. The highest BCUT2D eigenvalue weighted by Gasteiger charge is 2.38. The highest BCUT2D eigenvalue weighted by atomic mass is 35.5. The van der Waals surface area contributed by atoms with Crippen molar-refractivity contribution < 1.29 is 18.3 Å². The molecule has 0 aliphatic heterocycles. The summed E-state index contributed by atoms with van der Waals surface area (Å²) >= 11 is 5.88. The van der Waals surface area contributed by atoms with Gasteiger partial charge < -0.3 is 5.11 Å². The number of alkyl halides is 3. The standard InChI is InChI=1S/C13H13ClF3NO/c1-18(9-12(19)13(15,16)17)8-4-6-10-5-2-3-7-11(10)14/h2-3,5,7,12,19H,8-9H2,1H3. The molecule has 0 spiro atoms. The first-order valence-corrected chi connectivity index (χ1v) is 5.85. The topological polar surface area (TPSA) is 23.5 Å². The molecule has 1 N–H and O–H groups in total. The van der Waals surface area contributed by atoms with Crippen molar-refractivity contribution in [2.24, 2.45) is 0 Å². The van der Waals surface area contributed by atoms with Gasteiger partial charge in [-0.25, -0.2) is 0 Å². The summed E-state index contributed by atoms with van der Waals surface area (Å²) in [6.07, 6.45) is -6.97. The van der Waals surface area contributed by atoms with Crippen LogP contribution in [0.2, 0.25) is 5.02 Å².